The Balaban J connectivity index is 0.00000220. The molecular weight excluding hydrogens is 322 g/mol. The van der Waals surface area contributed by atoms with E-state index in [0.717, 1.165) is 6.54 Å². The van der Waals surface area contributed by atoms with Crippen LogP contribution in [0.4, 0.5) is 0 Å². The van der Waals surface area contributed by atoms with Crippen LogP contribution in [0.15, 0.2) is 42.6 Å². The topological polar surface area (TPSA) is 3.88 Å². The number of unbranched alkanes of at least 4 members (excludes halogenated alkanes) is 7. The highest BCUT2D eigenvalue weighted by Crippen LogP contribution is 2.10. The van der Waals surface area contributed by atoms with E-state index in [1.165, 1.54) is 62.3 Å². The molecule has 0 aliphatic heterocycles. The van der Waals surface area contributed by atoms with E-state index in [1.807, 2.05) is 0 Å². The molecule has 0 atom stereocenters. The lowest BCUT2D eigenvalue weighted by atomic mass is 10.1. The SMILES string of the molecule is CCCCCCCCCC[n+]1cccc2ccccc21.[Br-]. The normalized spacial score (nSPS) is 10.5. The minimum Gasteiger partial charge on any atom is -1.00 e. The lowest BCUT2D eigenvalue weighted by Crippen LogP contribution is -3.00. The molecule has 1 aromatic carbocycles. The van der Waals surface area contributed by atoms with Crippen LogP contribution in [0.2, 0.25) is 0 Å². The third-order valence-electron chi connectivity index (χ3n) is 4.04. The van der Waals surface area contributed by atoms with E-state index in [-0.39, 0.29) is 17.0 Å². The van der Waals surface area contributed by atoms with E-state index in [9.17, 15) is 0 Å². The van der Waals surface area contributed by atoms with Crippen LogP contribution in [0.3, 0.4) is 0 Å². The Morgan fingerprint density at radius 3 is 2.14 bits per heavy atom. The predicted molar refractivity (Wildman–Crippen MR) is 86.8 cm³/mol. The van der Waals surface area contributed by atoms with Gasteiger partial charge < -0.3 is 17.0 Å². The Bertz CT molecular complexity index is 504. The number of hydrogen-bond donors (Lipinski definition) is 0. The number of nitrogens with zero attached hydrogens (tertiary/aromatic N) is 1. The summed E-state index contributed by atoms with van der Waals surface area (Å²) in [6.07, 6.45) is 13.3. The molecule has 2 aromatic rings. The Morgan fingerprint density at radius 1 is 0.762 bits per heavy atom. The van der Waals surface area contributed by atoms with Crippen molar-refractivity contribution in [1.29, 1.82) is 0 Å². The van der Waals surface area contributed by atoms with Gasteiger partial charge in [-0.25, -0.2) is 0 Å². The van der Waals surface area contributed by atoms with E-state index in [1.54, 1.807) is 0 Å². The van der Waals surface area contributed by atoms with Crippen LogP contribution in [-0.4, -0.2) is 0 Å². The summed E-state index contributed by atoms with van der Waals surface area (Å²) in [6, 6.07) is 13.0. The smallest absolute Gasteiger partial charge is 0.212 e. The second-order valence-corrected chi connectivity index (χ2v) is 5.74. The zero-order valence-electron chi connectivity index (χ0n) is 13.2. The minimum atomic E-state index is 0. The molecule has 0 unspecified atom stereocenters. The Hall–Kier alpha value is -0.890. The molecule has 0 N–H and O–H groups in total. The van der Waals surface area contributed by atoms with Crippen LogP contribution >= 0.6 is 0 Å². The Morgan fingerprint density at radius 2 is 1.38 bits per heavy atom. The first-order chi connectivity index (χ1) is 9.92. The number of pyridine rings is 1. The van der Waals surface area contributed by atoms with Crippen molar-refractivity contribution < 1.29 is 21.5 Å². The molecule has 0 saturated heterocycles. The van der Waals surface area contributed by atoms with Gasteiger partial charge in [0.15, 0.2) is 6.20 Å². The summed E-state index contributed by atoms with van der Waals surface area (Å²) in [6.45, 7) is 3.43. The van der Waals surface area contributed by atoms with Crippen LogP contribution in [0.25, 0.3) is 10.9 Å². The van der Waals surface area contributed by atoms with Gasteiger partial charge in [-0.1, -0.05) is 57.6 Å². The fraction of sp³-hybridized carbons (Fsp3) is 0.526. The Kier molecular flexibility index (Phi) is 9.32. The maximum absolute atomic E-state index is 2.40. The number of aryl methyl sites for hydroxylation is 1. The molecule has 0 fully saturated rings. The number of fused-ring (bicyclic) bond motifs is 1. The van der Waals surface area contributed by atoms with Crippen LogP contribution < -0.4 is 21.5 Å². The number of halogens is 1. The van der Waals surface area contributed by atoms with Crippen molar-refractivity contribution in [2.24, 2.45) is 0 Å². The molecule has 1 aromatic heterocycles. The van der Waals surface area contributed by atoms with E-state index < -0.39 is 0 Å². The number of rotatable bonds is 9. The second kappa shape index (κ2) is 10.8. The van der Waals surface area contributed by atoms with E-state index >= 15 is 0 Å². The maximum Gasteiger partial charge on any atom is 0.212 e. The molecule has 1 nitrogen and oxygen atoms in total. The summed E-state index contributed by atoms with van der Waals surface area (Å²) in [7, 11) is 0. The van der Waals surface area contributed by atoms with Crippen molar-refractivity contribution in [3.8, 4) is 0 Å². The average molecular weight is 350 g/mol. The quantitative estimate of drug-likeness (QED) is 0.483. The first kappa shape index (κ1) is 18.2. The summed E-state index contributed by atoms with van der Waals surface area (Å²) in [4.78, 5) is 0. The van der Waals surface area contributed by atoms with E-state index in [4.69, 9.17) is 0 Å². The van der Waals surface area contributed by atoms with Gasteiger partial charge in [0, 0.05) is 23.9 Å². The standard InChI is InChI=1S/C19H28N.BrH/c1-2-3-4-5-6-7-8-11-16-20-17-12-14-18-13-9-10-15-19(18)20;/h9-10,12-15,17H,2-8,11,16H2,1H3;1H/q+1;/p-1. The van der Waals surface area contributed by atoms with Gasteiger partial charge in [0.05, 0.1) is 0 Å². The molecule has 2 rings (SSSR count). The Labute approximate surface area is 140 Å². The molecule has 116 valence electrons. The molecule has 0 aliphatic carbocycles. The maximum atomic E-state index is 2.40. The molecule has 1 heterocycles. The van der Waals surface area contributed by atoms with Crippen LogP contribution in [0.5, 0.6) is 0 Å². The van der Waals surface area contributed by atoms with Crippen molar-refractivity contribution in [3.63, 3.8) is 0 Å². The summed E-state index contributed by atoms with van der Waals surface area (Å²) >= 11 is 0. The van der Waals surface area contributed by atoms with Gasteiger partial charge >= 0.3 is 0 Å². The third-order valence-corrected chi connectivity index (χ3v) is 4.04. The first-order valence-electron chi connectivity index (χ1n) is 8.29. The zero-order chi connectivity index (χ0) is 14.0. The number of para-hydroxylation sites is 1. The summed E-state index contributed by atoms with van der Waals surface area (Å²) < 4.78 is 2.40. The number of benzene rings is 1. The van der Waals surface area contributed by atoms with Crippen LogP contribution in [0, 0.1) is 0 Å². The van der Waals surface area contributed by atoms with Gasteiger partial charge in [0.2, 0.25) is 5.52 Å². The monoisotopic (exact) mass is 349 g/mol. The van der Waals surface area contributed by atoms with Gasteiger partial charge in [-0.2, -0.15) is 4.57 Å². The molecule has 0 bridgehead atoms. The molecule has 21 heavy (non-hydrogen) atoms. The highest BCUT2D eigenvalue weighted by atomic mass is 79.9. The van der Waals surface area contributed by atoms with Crippen molar-refractivity contribution in [2.75, 3.05) is 0 Å². The third kappa shape index (κ3) is 6.17. The van der Waals surface area contributed by atoms with Crippen LogP contribution in [0.1, 0.15) is 58.3 Å². The van der Waals surface area contributed by atoms with Gasteiger partial charge in [0.25, 0.3) is 0 Å². The summed E-state index contributed by atoms with van der Waals surface area (Å²) in [5.41, 5.74) is 1.36. The summed E-state index contributed by atoms with van der Waals surface area (Å²) in [5, 5.41) is 1.34. The van der Waals surface area contributed by atoms with Gasteiger partial charge in [0.1, 0.15) is 6.54 Å². The fourth-order valence-corrected chi connectivity index (χ4v) is 2.83. The predicted octanol–water partition coefficient (Wildman–Crippen LogP) is 2.27. The van der Waals surface area contributed by atoms with Gasteiger partial charge in [-0.15, -0.1) is 0 Å². The van der Waals surface area contributed by atoms with Crippen molar-refractivity contribution in [2.45, 2.75) is 64.8 Å². The number of aromatic nitrogens is 1. The number of hydrogen-bond acceptors (Lipinski definition) is 0. The molecule has 0 amide bonds. The lowest BCUT2D eigenvalue weighted by molar-refractivity contribution is -0.671. The lowest BCUT2D eigenvalue weighted by Gasteiger charge is -2.02. The van der Waals surface area contributed by atoms with Crippen molar-refractivity contribution in [3.05, 3.63) is 42.6 Å². The van der Waals surface area contributed by atoms with E-state index in [0.29, 0.717) is 0 Å². The fourth-order valence-electron chi connectivity index (χ4n) is 2.83. The highest BCUT2D eigenvalue weighted by molar-refractivity contribution is 5.74. The summed E-state index contributed by atoms with van der Waals surface area (Å²) in [5.74, 6) is 0. The molecular formula is C19H28BrN. The van der Waals surface area contributed by atoms with Gasteiger partial charge in [-0.3, -0.25) is 0 Å². The van der Waals surface area contributed by atoms with Crippen molar-refractivity contribution >= 4 is 10.9 Å². The molecule has 0 aliphatic rings. The first-order valence-corrected chi connectivity index (χ1v) is 8.29. The van der Waals surface area contributed by atoms with Crippen LogP contribution in [-0.2, 0) is 6.54 Å². The second-order valence-electron chi connectivity index (χ2n) is 5.74. The van der Waals surface area contributed by atoms with E-state index in [2.05, 4.69) is 54.1 Å². The van der Waals surface area contributed by atoms with Crippen molar-refractivity contribution in [1.82, 2.24) is 0 Å². The van der Waals surface area contributed by atoms with Gasteiger partial charge in [-0.05, 0) is 18.6 Å². The molecule has 0 radical (unpaired) electrons. The molecule has 0 saturated carbocycles. The molecule has 2 heteroatoms. The largest absolute Gasteiger partial charge is 1.00 e. The zero-order valence-corrected chi connectivity index (χ0v) is 14.8. The minimum absolute atomic E-state index is 0. The molecule has 0 spiro atoms. The average Bonchev–Trinajstić information content (AvgIpc) is 2.50. The highest BCUT2D eigenvalue weighted by Gasteiger charge is 2.06.